The second-order valence-electron chi connectivity index (χ2n) is 21.9. The van der Waals surface area contributed by atoms with Gasteiger partial charge in [-0.25, -0.2) is 4.57 Å². The molecular weight excluding hydrogens is 976 g/mol. The molecule has 0 radical (unpaired) electrons. The van der Waals surface area contributed by atoms with E-state index in [0.717, 1.165) is 77.0 Å². The van der Waals surface area contributed by atoms with Gasteiger partial charge in [-0.1, -0.05) is 283 Å². The maximum Gasteiger partial charge on any atom is 0.472 e. The highest BCUT2D eigenvalue weighted by Crippen LogP contribution is 2.43. The Hall–Kier alpha value is -2.04. The quantitative estimate of drug-likeness (QED) is 0.0197. The summed E-state index contributed by atoms with van der Waals surface area (Å²) >= 11 is 0. The van der Waals surface area contributed by atoms with Crippen molar-refractivity contribution in [3.8, 4) is 0 Å². The predicted molar refractivity (Wildman–Crippen MR) is 316 cm³/mol. The third-order valence-corrected chi connectivity index (χ3v) is 15.3. The summed E-state index contributed by atoms with van der Waals surface area (Å²) in [4.78, 5) is 48.7. The highest BCUT2D eigenvalue weighted by atomic mass is 31.2. The average Bonchev–Trinajstić information content (AvgIpc) is 3.41. The number of hydrogen-bond acceptors (Lipinski definition) is 10. The lowest BCUT2D eigenvalue weighted by Gasteiger charge is -2.21. The number of allylic oxidation sites excluding steroid dienone is 4. The number of hydrogen-bond donors (Lipinski definition) is 2. The van der Waals surface area contributed by atoms with Gasteiger partial charge >= 0.3 is 25.7 Å². The van der Waals surface area contributed by atoms with Crippen LogP contribution in [0, 0.1) is 0 Å². The minimum Gasteiger partial charge on any atom is -0.462 e. The lowest BCUT2D eigenvalue weighted by atomic mass is 10.0. The number of carbonyl (C=O) groups is 3. The van der Waals surface area contributed by atoms with E-state index in [-0.39, 0.29) is 25.9 Å². The average molecular weight is 1100 g/mol. The van der Waals surface area contributed by atoms with Gasteiger partial charge in [-0.15, -0.1) is 0 Å². The number of rotatable bonds is 61. The van der Waals surface area contributed by atoms with Gasteiger partial charge in [-0.05, 0) is 51.4 Å². The largest absolute Gasteiger partial charge is 0.472 e. The van der Waals surface area contributed by atoms with Gasteiger partial charge in [0.2, 0.25) is 0 Å². The molecule has 3 unspecified atom stereocenters. The lowest BCUT2D eigenvalue weighted by molar-refractivity contribution is -0.161. The maximum atomic E-state index is 12.9. The molecule has 0 aromatic heterocycles. The van der Waals surface area contributed by atoms with Crippen molar-refractivity contribution in [1.29, 1.82) is 0 Å². The molecule has 0 amide bonds. The fraction of sp³-hybridized carbons (Fsp3) is 0.891. The molecule has 0 spiro atoms. The van der Waals surface area contributed by atoms with E-state index in [1.54, 1.807) is 0 Å². The topological polar surface area (TPSA) is 155 Å². The number of carbonyl (C=O) groups excluding carboxylic acids is 3. The first-order valence-electron chi connectivity index (χ1n) is 32.2. The van der Waals surface area contributed by atoms with Crippen LogP contribution in [0.15, 0.2) is 24.3 Å². The first-order valence-corrected chi connectivity index (χ1v) is 33.7. The van der Waals surface area contributed by atoms with Crippen molar-refractivity contribution >= 4 is 25.7 Å². The first-order chi connectivity index (χ1) is 37.2. The molecule has 11 nitrogen and oxygen atoms in total. The van der Waals surface area contributed by atoms with Crippen molar-refractivity contribution in [1.82, 2.24) is 0 Å². The third kappa shape index (κ3) is 56.7. The molecule has 0 saturated heterocycles. The number of aliphatic hydroxyl groups is 1. The molecule has 0 aliphatic rings. The van der Waals surface area contributed by atoms with Crippen molar-refractivity contribution in [2.75, 3.05) is 26.4 Å². The number of aliphatic hydroxyl groups excluding tert-OH is 1. The van der Waals surface area contributed by atoms with E-state index in [2.05, 4.69) is 45.1 Å². The van der Waals surface area contributed by atoms with Crippen molar-refractivity contribution in [3.63, 3.8) is 0 Å². The van der Waals surface area contributed by atoms with Crippen LogP contribution in [-0.2, 0) is 42.2 Å². The van der Waals surface area contributed by atoms with Crippen LogP contribution >= 0.6 is 7.82 Å². The Morgan fingerprint density at radius 3 is 1.00 bits per heavy atom. The van der Waals surface area contributed by atoms with Crippen LogP contribution in [0.25, 0.3) is 0 Å². The van der Waals surface area contributed by atoms with Crippen molar-refractivity contribution < 1.29 is 52.2 Å². The minimum atomic E-state index is -4.75. The second-order valence-corrected chi connectivity index (χ2v) is 23.4. The van der Waals surface area contributed by atoms with Gasteiger partial charge in [0.25, 0.3) is 0 Å². The molecule has 3 atom stereocenters. The van der Waals surface area contributed by atoms with E-state index in [1.165, 1.54) is 193 Å². The summed E-state index contributed by atoms with van der Waals surface area (Å²) in [5, 5.41) is 9.84. The van der Waals surface area contributed by atoms with E-state index < -0.39 is 57.8 Å². The molecule has 0 fully saturated rings. The molecule has 2 N–H and O–H groups in total. The zero-order chi connectivity index (χ0) is 55.5. The molecule has 0 rings (SSSR count). The molecule has 12 heteroatoms. The smallest absolute Gasteiger partial charge is 0.462 e. The zero-order valence-corrected chi connectivity index (χ0v) is 50.6. The predicted octanol–water partition coefficient (Wildman–Crippen LogP) is 19.4. The molecule has 448 valence electrons. The Morgan fingerprint density at radius 1 is 0.368 bits per heavy atom. The number of phosphoric acid groups is 1. The monoisotopic (exact) mass is 1100 g/mol. The molecule has 76 heavy (non-hydrogen) atoms. The summed E-state index contributed by atoms with van der Waals surface area (Å²) in [6.07, 6.45) is 61.2. The third-order valence-electron chi connectivity index (χ3n) is 14.4. The number of unbranched alkanes of at least 4 members (excludes halogenated alkanes) is 40. The standard InChI is InChI=1S/C64H121O11P/c1-4-7-10-13-16-19-22-25-28-30-33-35-38-41-44-47-50-53-62(66)71-57-61(75-64(68)55-52-49-46-43-40-37-34-31-29-26-23-20-17-14-11-8-5-2)59-73-76(69,70)72-58-60(56-65)74-63(67)54-51-48-45-42-39-36-32-27-24-21-18-15-12-9-6-3/h17,20,26,29,60-61,65H,4-16,18-19,21-25,27-28,30-59H2,1-3H3,(H,69,70)/b20-17-,29-26-. The van der Waals surface area contributed by atoms with E-state index in [4.69, 9.17) is 23.3 Å². The fourth-order valence-electron chi connectivity index (χ4n) is 9.45. The zero-order valence-electron chi connectivity index (χ0n) is 49.7. The number of esters is 3. The Balaban J connectivity index is 4.66. The summed E-state index contributed by atoms with van der Waals surface area (Å²) in [7, 11) is -4.75. The van der Waals surface area contributed by atoms with E-state index in [1.807, 2.05) is 0 Å². The summed E-state index contributed by atoms with van der Waals surface area (Å²) in [5.74, 6) is -1.44. The molecule has 0 aliphatic heterocycles. The number of ether oxygens (including phenoxy) is 3. The van der Waals surface area contributed by atoms with Gasteiger partial charge in [-0.3, -0.25) is 23.4 Å². The van der Waals surface area contributed by atoms with Crippen LogP contribution in [0.1, 0.15) is 329 Å². The Labute approximate surface area is 468 Å². The summed E-state index contributed by atoms with van der Waals surface area (Å²) in [6.45, 7) is 4.69. The van der Waals surface area contributed by atoms with Gasteiger partial charge in [0.1, 0.15) is 12.7 Å². The molecule has 0 aliphatic carbocycles. The molecule has 0 aromatic rings. The Morgan fingerprint density at radius 2 is 0.645 bits per heavy atom. The molecule has 0 bridgehead atoms. The van der Waals surface area contributed by atoms with Crippen molar-refractivity contribution in [2.24, 2.45) is 0 Å². The maximum absolute atomic E-state index is 12.9. The van der Waals surface area contributed by atoms with Crippen LogP contribution < -0.4 is 0 Å². The van der Waals surface area contributed by atoms with Gasteiger partial charge in [0.05, 0.1) is 19.8 Å². The summed E-state index contributed by atoms with van der Waals surface area (Å²) in [5.41, 5.74) is 0. The van der Waals surface area contributed by atoms with Crippen LogP contribution in [0.2, 0.25) is 0 Å². The number of phosphoric ester groups is 1. The minimum absolute atomic E-state index is 0.164. The Bertz CT molecular complexity index is 1370. The lowest BCUT2D eigenvalue weighted by Crippen LogP contribution is -2.30. The van der Waals surface area contributed by atoms with E-state index in [0.29, 0.717) is 19.3 Å². The summed E-state index contributed by atoms with van der Waals surface area (Å²) < 4.78 is 39.7. The van der Waals surface area contributed by atoms with E-state index in [9.17, 15) is 28.9 Å². The molecule has 0 aromatic carbocycles. The molecular formula is C64H121O11P. The Kier molecular flexibility index (Phi) is 57.5. The fourth-order valence-corrected chi connectivity index (χ4v) is 10.2. The van der Waals surface area contributed by atoms with Gasteiger partial charge in [0, 0.05) is 19.3 Å². The normalized spacial score (nSPS) is 13.4. The molecule has 0 saturated carbocycles. The summed E-state index contributed by atoms with van der Waals surface area (Å²) in [6, 6.07) is 0. The van der Waals surface area contributed by atoms with Crippen LogP contribution in [0.3, 0.4) is 0 Å². The first kappa shape index (κ1) is 74.0. The van der Waals surface area contributed by atoms with Crippen molar-refractivity contribution in [2.45, 2.75) is 341 Å². The highest BCUT2D eigenvalue weighted by molar-refractivity contribution is 7.47. The van der Waals surface area contributed by atoms with Crippen LogP contribution in [-0.4, -0.2) is 66.5 Å². The van der Waals surface area contributed by atoms with Gasteiger partial charge in [0.15, 0.2) is 6.10 Å². The van der Waals surface area contributed by atoms with Crippen LogP contribution in [0.5, 0.6) is 0 Å². The SMILES string of the molecule is CCCCC/C=C\C/C=C\CCCCCCCCCC(=O)OC(COC(=O)CCCCCCCCCCCCCCCCCCC)COP(=O)(O)OCC(CO)OC(=O)CCCCCCCCCCCCCCCCC. The van der Waals surface area contributed by atoms with Crippen LogP contribution in [0.4, 0.5) is 0 Å². The second kappa shape index (κ2) is 59.1. The van der Waals surface area contributed by atoms with E-state index >= 15 is 0 Å². The van der Waals surface area contributed by atoms with Crippen molar-refractivity contribution in [3.05, 3.63) is 24.3 Å². The molecule has 0 heterocycles. The van der Waals surface area contributed by atoms with Gasteiger partial charge in [-0.2, -0.15) is 0 Å². The van der Waals surface area contributed by atoms with Gasteiger partial charge < -0.3 is 24.2 Å². The highest BCUT2D eigenvalue weighted by Gasteiger charge is 2.28.